The van der Waals surface area contributed by atoms with Crippen molar-refractivity contribution in [3.8, 4) is 0 Å². The van der Waals surface area contributed by atoms with E-state index in [0.29, 0.717) is 11.0 Å². The first-order valence-corrected chi connectivity index (χ1v) is 6.03. The maximum atomic E-state index is 6.17. The highest BCUT2D eigenvalue weighted by Gasteiger charge is 2.06. The lowest BCUT2D eigenvalue weighted by Gasteiger charge is -2.12. The normalized spacial score (nSPS) is 10.2. The summed E-state index contributed by atoms with van der Waals surface area (Å²) < 4.78 is 0. The smallest absolute Gasteiger partial charge is 0.224 e. The molecule has 18 heavy (non-hydrogen) atoms. The minimum Gasteiger partial charge on any atom is -0.357 e. The van der Waals surface area contributed by atoms with Crippen molar-refractivity contribution in [3.05, 3.63) is 40.5 Å². The molecule has 0 radical (unpaired) electrons. The summed E-state index contributed by atoms with van der Waals surface area (Å²) in [5, 5.41) is 6.84. The van der Waals surface area contributed by atoms with Crippen molar-refractivity contribution in [3.63, 3.8) is 0 Å². The van der Waals surface area contributed by atoms with Crippen LogP contribution in [0, 0.1) is 13.8 Å². The van der Waals surface area contributed by atoms with Crippen molar-refractivity contribution >= 4 is 29.1 Å². The highest BCUT2D eigenvalue weighted by Crippen LogP contribution is 2.28. The van der Waals surface area contributed by atoms with Gasteiger partial charge in [0.2, 0.25) is 5.95 Å². The van der Waals surface area contributed by atoms with Gasteiger partial charge >= 0.3 is 0 Å². The van der Waals surface area contributed by atoms with Crippen molar-refractivity contribution in [1.82, 2.24) is 9.97 Å². The van der Waals surface area contributed by atoms with Crippen LogP contribution in [0.4, 0.5) is 17.5 Å². The van der Waals surface area contributed by atoms with Crippen LogP contribution in [-0.2, 0) is 0 Å². The molecule has 2 rings (SSSR count). The van der Waals surface area contributed by atoms with Crippen molar-refractivity contribution in [2.45, 2.75) is 13.8 Å². The summed E-state index contributed by atoms with van der Waals surface area (Å²) in [6.45, 7) is 3.93. The van der Waals surface area contributed by atoms with E-state index < -0.39 is 0 Å². The van der Waals surface area contributed by atoms with Gasteiger partial charge in [-0.25, -0.2) is 4.98 Å². The summed E-state index contributed by atoms with van der Waals surface area (Å²) in [4.78, 5) is 8.58. The molecule has 0 spiro atoms. The monoisotopic (exact) mass is 262 g/mol. The van der Waals surface area contributed by atoms with Crippen LogP contribution in [0.2, 0.25) is 5.02 Å². The molecule has 1 heterocycles. The van der Waals surface area contributed by atoms with Gasteiger partial charge in [0.15, 0.2) is 0 Å². The Kier molecular flexibility index (Phi) is 3.67. The quantitative estimate of drug-likeness (QED) is 0.888. The highest BCUT2D eigenvalue weighted by atomic mass is 35.5. The third-order valence-electron chi connectivity index (χ3n) is 2.55. The predicted octanol–water partition coefficient (Wildman–Crippen LogP) is 3.53. The molecule has 1 aromatic heterocycles. The number of halogens is 1. The van der Waals surface area contributed by atoms with E-state index >= 15 is 0 Å². The summed E-state index contributed by atoms with van der Waals surface area (Å²) in [6, 6.07) is 7.65. The fraction of sp³-hybridized carbons (Fsp3) is 0.231. The van der Waals surface area contributed by atoms with Crippen LogP contribution in [0.3, 0.4) is 0 Å². The van der Waals surface area contributed by atoms with Crippen LogP contribution < -0.4 is 10.6 Å². The molecule has 2 aromatic rings. The fourth-order valence-corrected chi connectivity index (χ4v) is 1.93. The number of rotatable bonds is 3. The van der Waals surface area contributed by atoms with Crippen LogP contribution in [0.15, 0.2) is 24.3 Å². The Balaban J connectivity index is 2.37. The number of para-hydroxylation sites is 1. The Bertz CT molecular complexity index is 549. The SMILES string of the molecule is CNc1nc(C)cc(Nc2c(C)cccc2Cl)n1. The summed E-state index contributed by atoms with van der Waals surface area (Å²) in [6.07, 6.45) is 0. The lowest BCUT2D eigenvalue weighted by molar-refractivity contribution is 1.10. The molecule has 0 fully saturated rings. The molecule has 4 nitrogen and oxygen atoms in total. The summed E-state index contributed by atoms with van der Waals surface area (Å²) in [5.74, 6) is 1.31. The van der Waals surface area contributed by atoms with E-state index in [1.807, 2.05) is 38.1 Å². The number of hydrogen-bond donors (Lipinski definition) is 2. The second-order valence-electron chi connectivity index (χ2n) is 4.02. The van der Waals surface area contributed by atoms with E-state index in [2.05, 4.69) is 20.6 Å². The van der Waals surface area contributed by atoms with E-state index in [4.69, 9.17) is 11.6 Å². The van der Waals surface area contributed by atoms with Crippen molar-refractivity contribution in [1.29, 1.82) is 0 Å². The fourth-order valence-electron chi connectivity index (χ4n) is 1.66. The number of aromatic nitrogens is 2. The Morgan fingerprint density at radius 3 is 2.61 bits per heavy atom. The number of anilines is 3. The maximum absolute atomic E-state index is 6.17. The Morgan fingerprint density at radius 1 is 1.17 bits per heavy atom. The molecule has 5 heteroatoms. The number of nitrogens with zero attached hydrogens (tertiary/aromatic N) is 2. The van der Waals surface area contributed by atoms with Crippen LogP contribution in [0.25, 0.3) is 0 Å². The van der Waals surface area contributed by atoms with Gasteiger partial charge in [-0.15, -0.1) is 0 Å². The molecule has 0 saturated carbocycles. The number of hydrogen-bond acceptors (Lipinski definition) is 4. The average Bonchev–Trinajstić information content (AvgIpc) is 2.33. The second kappa shape index (κ2) is 5.23. The first-order chi connectivity index (χ1) is 8.60. The van der Waals surface area contributed by atoms with Gasteiger partial charge in [0, 0.05) is 18.8 Å². The molecule has 0 aliphatic heterocycles. The summed E-state index contributed by atoms with van der Waals surface area (Å²) in [5.41, 5.74) is 2.84. The van der Waals surface area contributed by atoms with E-state index in [0.717, 1.165) is 22.8 Å². The largest absolute Gasteiger partial charge is 0.357 e. The molecule has 0 amide bonds. The molecule has 0 saturated heterocycles. The number of aryl methyl sites for hydroxylation is 2. The maximum Gasteiger partial charge on any atom is 0.224 e. The zero-order chi connectivity index (χ0) is 13.1. The minimum atomic E-state index is 0.585. The van der Waals surface area contributed by atoms with E-state index in [1.165, 1.54) is 0 Å². The Morgan fingerprint density at radius 2 is 1.94 bits per heavy atom. The Hall–Kier alpha value is -1.81. The topological polar surface area (TPSA) is 49.8 Å². The van der Waals surface area contributed by atoms with E-state index in [-0.39, 0.29) is 0 Å². The molecule has 0 aliphatic carbocycles. The molecule has 1 aromatic carbocycles. The predicted molar refractivity (Wildman–Crippen MR) is 75.8 cm³/mol. The zero-order valence-corrected chi connectivity index (χ0v) is 11.3. The number of nitrogens with one attached hydrogen (secondary N) is 2. The third kappa shape index (κ3) is 2.71. The molecular weight excluding hydrogens is 248 g/mol. The van der Waals surface area contributed by atoms with E-state index in [9.17, 15) is 0 Å². The standard InChI is InChI=1S/C13H15ClN4/c1-8-5-4-6-10(14)12(8)17-11-7-9(2)16-13(15-3)18-11/h4-7H,1-3H3,(H2,15,16,17,18). The van der Waals surface area contributed by atoms with Gasteiger partial charge in [-0.3, -0.25) is 0 Å². The lowest BCUT2D eigenvalue weighted by Crippen LogP contribution is -2.03. The van der Waals surface area contributed by atoms with Crippen LogP contribution >= 0.6 is 11.6 Å². The molecule has 2 N–H and O–H groups in total. The molecule has 0 aliphatic rings. The van der Waals surface area contributed by atoms with Gasteiger partial charge in [0.1, 0.15) is 5.82 Å². The first kappa shape index (κ1) is 12.6. The second-order valence-corrected chi connectivity index (χ2v) is 4.43. The third-order valence-corrected chi connectivity index (χ3v) is 2.87. The van der Waals surface area contributed by atoms with Gasteiger partial charge in [0.25, 0.3) is 0 Å². The van der Waals surface area contributed by atoms with Crippen molar-refractivity contribution in [2.75, 3.05) is 17.7 Å². The first-order valence-electron chi connectivity index (χ1n) is 5.65. The van der Waals surface area contributed by atoms with Gasteiger partial charge in [-0.2, -0.15) is 4.98 Å². The molecule has 0 atom stereocenters. The summed E-state index contributed by atoms with van der Waals surface area (Å²) in [7, 11) is 1.79. The van der Waals surface area contributed by atoms with Crippen molar-refractivity contribution in [2.24, 2.45) is 0 Å². The van der Waals surface area contributed by atoms with Crippen LogP contribution in [-0.4, -0.2) is 17.0 Å². The van der Waals surface area contributed by atoms with Crippen LogP contribution in [0.1, 0.15) is 11.3 Å². The summed E-state index contributed by atoms with van der Waals surface area (Å²) >= 11 is 6.17. The zero-order valence-electron chi connectivity index (χ0n) is 10.6. The molecule has 0 unspecified atom stereocenters. The van der Waals surface area contributed by atoms with Gasteiger partial charge < -0.3 is 10.6 Å². The van der Waals surface area contributed by atoms with Gasteiger partial charge in [0.05, 0.1) is 10.7 Å². The molecule has 0 bridgehead atoms. The minimum absolute atomic E-state index is 0.585. The highest BCUT2D eigenvalue weighted by molar-refractivity contribution is 6.33. The lowest BCUT2D eigenvalue weighted by atomic mass is 10.2. The molecule has 94 valence electrons. The van der Waals surface area contributed by atoms with Gasteiger partial charge in [-0.05, 0) is 25.5 Å². The number of benzene rings is 1. The van der Waals surface area contributed by atoms with E-state index in [1.54, 1.807) is 7.05 Å². The van der Waals surface area contributed by atoms with Crippen LogP contribution in [0.5, 0.6) is 0 Å². The Labute approximate surface area is 111 Å². The van der Waals surface area contributed by atoms with Crippen molar-refractivity contribution < 1.29 is 0 Å². The average molecular weight is 263 g/mol. The molecular formula is C13H15ClN4. The van der Waals surface area contributed by atoms with Gasteiger partial charge in [-0.1, -0.05) is 23.7 Å².